The molecule has 0 unspecified atom stereocenters. The Balaban J connectivity index is 1.61. The lowest BCUT2D eigenvalue weighted by atomic mass is 10.0. The van der Waals surface area contributed by atoms with E-state index in [-0.39, 0.29) is 11.9 Å². The number of hydrogen-bond acceptors (Lipinski definition) is 4. The fourth-order valence-electron chi connectivity index (χ4n) is 3.18. The van der Waals surface area contributed by atoms with Crippen LogP contribution in [0.1, 0.15) is 23.2 Å². The van der Waals surface area contributed by atoms with E-state index in [4.69, 9.17) is 21.1 Å². The van der Waals surface area contributed by atoms with E-state index in [9.17, 15) is 4.79 Å². The Hall–Kier alpha value is -2.40. The van der Waals surface area contributed by atoms with Gasteiger partial charge in [0.2, 0.25) is 0 Å². The van der Waals surface area contributed by atoms with Crippen molar-refractivity contribution >= 4 is 23.2 Å². The second kappa shape index (κ2) is 8.32. The van der Waals surface area contributed by atoms with E-state index < -0.39 is 0 Å². The van der Waals surface area contributed by atoms with Gasteiger partial charge < -0.3 is 19.7 Å². The molecule has 2 aromatic rings. The number of hydrogen-bond donors (Lipinski definition) is 1. The number of nitrogens with one attached hydrogen (secondary N) is 1. The standard InChI is InChI=1S/C20H23ClN2O3/c1-25-17-6-7-19(26-2)18(13-17)22-16-8-10-23(11-9-16)20(24)14-4-3-5-15(21)12-14/h3-7,12-13,16,22H,8-11H2,1-2H3. The number of halogens is 1. The Bertz CT molecular complexity index is 773. The third-order valence-corrected chi connectivity index (χ3v) is 4.86. The van der Waals surface area contributed by atoms with Crippen LogP contribution in [0, 0.1) is 0 Å². The molecule has 0 radical (unpaired) electrons. The van der Waals surface area contributed by atoms with E-state index in [1.165, 1.54) is 0 Å². The van der Waals surface area contributed by atoms with Crippen molar-refractivity contribution in [1.29, 1.82) is 0 Å². The van der Waals surface area contributed by atoms with Gasteiger partial charge in [-0.1, -0.05) is 17.7 Å². The molecule has 1 amide bonds. The molecule has 0 aromatic heterocycles. The van der Waals surface area contributed by atoms with Crippen LogP contribution in [-0.4, -0.2) is 44.2 Å². The number of amides is 1. The highest BCUT2D eigenvalue weighted by atomic mass is 35.5. The molecular weight excluding hydrogens is 352 g/mol. The van der Waals surface area contributed by atoms with Crippen molar-refractivity contribution < 1.29 is 14.3 Å². The van der Waals surface area contributed by atoms with Crippen molar-refractivity contribution in [1.82, 2.24) is 4.90 Å². The fourth-order valence-corrected chi connectivity index (χ4v) is 3.37. The normalized spacial score (nSPS) is 14.8. The van der Waals surface area contributed by atoms with Crippen LogP contribution in [0.2, 0.25) is 5.02 Å². The van der Waals surface area contributed by atoms with Gasteiger partial charge in [0.05, 0.1) is 19.9 Å². The van der Waals surface area contributed by atoms with Gasteiger partial charge in [0.15, 0.2) is 0 Å². The predicted octanol–water partition coefficient (Wildman–Crippen LogP) is 4.07. The molecule has 1 aliphatic heterocycles. The highest BCUT2D eigenvalue weighted by molar-refractivity contribution is 6.30. The van der Waals surface area contributed by atoms with E-state index in [0.717, 1.165) is 30.0 Å². The number of ether oxygens (including phenoxy) is 2. The predicted molar refractivity (Wildman–Crippen MR) is 104 cm³/mol. The molecular formula is C20H23ClN2O3. The maximum atomic E-state index is 12.6. The van der Waals surface area contributed by atoms with Gasteiger partial charge in [0, 0.05) is 35.8 Å². The van der Waals surface area contributed by atoms with Gasteiger partial charge in [-0.05, 0) is 43.2 Å². The molecule has 1 fully saturated rings. The molecule has 0 aliphatic carbocycles. The van der Waals surface area contributed by atoms with Crippen LogP contribution in [-0.2, 0) is 0 Å². The molecule has 1 aliphatic rings. The Labute approximate surface area is 158 Å². The van der Waals surface area contributed by atoms with Crippen LogP contribution in [0.4, 0.5) is 5.69 Å². The first-order valence-electron chi connectivity index (χ1n) is 8.64. The summed E-state index contributed by atoms with van der Waals surface area (Å²) >= 11 is 5.99. The Kier molecular flexibility index (Phi) is 5.89. The van der Waals surface area contributed by atoms with Crippen molar-refractivity contribution in [3.8, 4) is 11.5 Å². The van der Waals surface area contributed by atoms with Crippen LogP contribution >= 0.6 is 11.6 Å². The van der Waals surface area contributed by atoms with Crippen molar-refractivity contribution in [2.24, 2.45) is 0 Å². The smallest absolute Gasteiger partial charge is 0.253 e. The number of likely N-dealkylation sites (tertiary alicyclic amines) is 1. The summed E-state index contributed by atoms with van der Waals surface area (Å²) in [5.74, 6) is 1.59. The summed E-state index contributed by atoms with van der Waals surface area (Å²) in [6.45, 7) is 1.41. The average Bonchev–Trinajstić information content (AvgIpc) is 2.68. The molecule has 138 valence electrons. The largest absolute Gasteiger partial charge is 0.497 e. The second-order valence-corrected chi connectivity index (χ2v) is 6.72. The zero-order valence-electron chi connectivity index (χ0n) is 15.0. The first-order chi connectivity index (χ1) is 12.6. The van der Waals surface area contributed by atoms with Crippen molar-refractivity contribution in [3.05, 3.63) is 53.1 Å². The van der Waals surface area contributed by atoms with E-state index in [2.05, 4.69) is 5.32 Å². The Morgan fingerprint density at radius 2 is 1.88 bits per heavy atom. The lowest BCUT2D eigenvalue weighted by Gasteiger charge is -2.33. The topological polar surface area (TPSA) is 50.8 Å². The number of carbonyl (C=O) groups is 1. The zero-order chi connectivity index (χ0) is 18.5. The summed E-state index contributed by atoms with van der Waals surface area (Å²) in [4.78, 5) is 14.5. The molecule has 5 nitrogen and oxygen atoms in total. The minimum atomic E-state index is 0.0323. The second-order valence-electron chi connectivity index (χ2n) is 6.29. The molecule has 1 heterocycles. The summed E-state index contributed by atoms with van der Waals surface area (Å²) < 4.78 is 10.7. The van der Waals surface area contributed by atoms with Crippen LogP contribution in [0.25, 0.3) is 0 Å². The van der Waals surface area contributed by atoms with Gasteiger partial charge in [-0.3, -0.25) is 4.79 Å². The molecule has 2 aromatic carbocycles. The first-order valence-corrected chi connectivity index (χ1v) is 9.02. The van der Waals surface area contributed by atoms with Gasteiger partial charge in [-0.15, -0.1) is 0 Å². The van der Waals surface area contributed by atoms with Gasteiger partial charge in [-0.2, -0.15) is 0 Å². The number of nitrogens with zero attached hydrogens (tertiary/aromatic N) is 1. The number of rotatable bonds is 5. The minimum absolute atomic E-state index is 0.0323. The van der Waals surface area contributed by atoms with Crippen molar-refractivity contribution in [2.75, 3.05) is 32.6 Å². The average molecular weight is 375 g/mol. The maximum Gasteiger partial charge on any atom is 0.253 e. The van der Waals surface area contributed by atoms with Crippen LogP contribution in [0.3, 0.4) is 0 Å². The molecule has 0 atom stereocenters. The van der Waals surface area contributed by atoms with Crippen LogP contribution < -0.4 is 14.8 Å². The number of piperidine rings is 1. The monoisotopic (exact) mass is 374 g/mol. The molecule has 26 heavy (non-hydrogen) atoms. The zero-order valence-corrected chi connectivity index (χ0v) is 15.8. The van der Waals surface area contributed by atoms with Gasteiger partial charge in [-0.25, -0.2) is 0 Å². The third kappa shape index (κ3) is 4.22. The summed E-state index contributed by atoms with van der Waals surface area (Å²) in [5, 5.41) is 4.10. The molecule has 1 N–H and O–H groups in total. The number of carbonyl (C=O) groups excluding carboxylic acids is 1. The van der Waals surface area contributed by atoms with Crippen LogP contribution in [0.15, 0.2) is 42.5 Å². The summed E-state index contributed by atoms with van der Waals surface area (Å²) in [7, 11) is 3.30. The maximum absolute atomic E-state index is 12.6. The molecule has 0 saturated carbocycles. The van der Waals surface area contributed by atoms with E-state index in [0.29, 0.717) is 23.7 Å². The highest BCUT2D eigenvalue weighted by Crippen LogP contribution is 2.31. The Morgan fingerprint density at radius 3 is 2.54 bits per heavy atom. The van der Waals surface area contributed by atoms with Crippen molar-refractivity contribution in [2.45, 2.75) is 18.9 Å². The summed E-state index contributed by atoms with van der Waals surface area (Å²) in [6, 6.07) is 13.1. The molecule has 3 rings (SSSR count). The van der Waals surface area contributed by atoms with E-state index >= 15 is 0 Å². The van der Waals surface area contributed by atoms with Crippen molar-refractivity contribution in [3.63, 3.8) is 0 Å². The van der Waals surface area contributed by atoms with E-state index in [1.807, 2.05) is 23.1 Å². The summed E-state index contributed by atoms with van der Waals surface area (Å²) in [5.41, 5.74) is 1.55. The quantitative estimate of drug-likeness (QED) is 0.857. The molecule has 6 heteroatoms. The highest BCUT2D eigenvalue weighted by Gasteiger charge is 2.24. The SMILES string of the molecule is COc1ccc(OC)c(NC2CCN(C(=O)c3cccc(Cl)c3)CC2)c1. The van der Waals surface area contributed by atoms with Crippen LogP contribution in [0.5, 0.6) is 11.5 Å². The fraction of sp³-hybridized carbons (Fsp3) is 0.350. The molecule has 0 bridgehead atoms. The Morgan fingerprint density at radius 1 is 1.12 bits per heavy atom. The minimum Gasteiger partial charge on any atom is -0.497 e. The molecule has 1 saturated heterocycles. The number of benzene rings is 2. The molecule has 0 spiro atoms. The summed E-state index contributed by atoms with van der Waals surface area (Å²) in [6.07, 6.45) is 1.74. The number of methoxy groups -OCH3 is 2. The van der Waals surface area contributed by atoms with Gasteiger partial charge >= 0.3 is 0 Å². The van der Waals surface area contributed by atoms with Gasteiger partial charge in [0.1, 0.15) is 11.5 Å². The first kappa shape index (κ1) is 18.4. The lowest BCUT2D eigenvalue weighted by Crippen LogP contribution is -2.42. The third-order valence-electron chi connectivity index (χ3n) is 4.62. The van der Waals surface area contributed by atoms with Gasteiger partial charge in [0.25, 0.3) is 5.91 Å². The lowest BCUT2D eigenvalue weighted by molar-refractivity contribution is 0.0718. The van der Waals surface area contributed by atoms with E-state index in [1.54, 1.807) is 38.5 Å². The number of anilines is 1.